The van der Waals surface area contributed by atoms with Gasteiger partial charge >= 0.3 is 7.75 Å². The molecule has 6 heteroatoms. The molecular weight excluding hydrogens is 241 g/mol. The van der Waals surface area contributed by atoms with Crippen molar-refractivity contribution >= 4 is 19.7 Å². The molecule has 0 saturated heterocycles. The zero-order valence-corrected chi connectivity index (χ0v) is 10.8. The Morgan fingerprint density at radius 3 is 2.12 bits per heavy atom. The van der Waals surface area contributed by atoms with Crippen LogP contribution in [0.4, 0.5) is 5.69 Å². The number of carbonyl (C=O) groups is 1. The molecule has 0 radical (unpaired) electrons. The van der Waals surface area contributed by atoms with Crippen molar-refractivity contribution in [2.75, 3.05) is 18.3 Å². The van der Waals surface area contributed by atoms with Gasteiger partial charge in [-0.25, -0.2) is 4.57 Å². The molecule has 0 aliphatic carbocycles. The van der Waals surface area contributed by atoms with Crippen molar-refractivity contribution < 1.29 is 18.4 Å². The van der Waals surface area contributed by atoms with Crippen LogP contribution in [-0.2, 0) is 13.6 Å². The van der Waals surface area contributed by atoms with Crippen LogP contribution in [0.15, 0.2) is 24.3 Å². The lowest BCUT2D eigenvalue weighted by Gasteiger charge is -2.18. The van der Waals surface area contributed by atoms with Gasteiger partial charge in [0.1, 0.15) is 6.29 Å². The maximum atomic E-state index is 12.1. The minimum absolute atomic E-state index is 0.288. The van der Waals surface area contributed by atoms with E-state index in [0.29, 0.717) is 11.3 Å². The quantitative estimate of drug-likeness (QED) is 0.600. The number of hydrogen-bond donors (Lipinski definition) is 1. The third-order valence-electron chi connectivity index (χ3n) is 1.91. The highest BCUT2D eigenvalue weighted by molar-refractivity contribution is 7.55. The average molecular weight is 257 g/mol. The third-order valence-corrected chi connectivity index (χ3v) is 3.64. The van der Waals surface area contributed by atoms with E-state index < -0.39 is 7.75 Å². The molecule has 0 aliphatic rings. The van der Waals surface area contributed by atoms with Gasteiger partial charge in [0.25, 0.3) is 0 Å². The van der Waals surface area contributed by atoms with E-state index >= 15 is 0 Å². The molecule has 0 fully saturated rings. The van der Waals surface area contributed by atoms with Crippen LogP contribution >= 0.6 is 7.75 Å². The van der Waals surface area contributed by atoms with Crippen LogP contribution in [-0.4, -0.2) is 19.5 Å². The Morgan fingerprint density at radius 1 is 1.18 bits per heavy atom. The lowest BCUT2D eigenvalue weighted by atomic mass is 10.2. The first-order valence-corrected chi connectivity index (χ1v) is 6.90. The molecule has 1 aromatic carbocycles. The summed E-state index contributed by atoms with van der Waals surface area (Å²) in [4.78, 5) is 10.5. The van der Waals surface area contributed by atoms with E-state index in [4.69, 9.17) is 9.05 Å². The normalized spacial score (nSPS) is 11.2. The highest BCUT2D eigenvalue weighted by atomic mass is 31.2. The van der Waals surface area contributed by atoms with Crippen molar-refractivity contribution in [3.8, 4) is 0 Å². The Labute approximate surface area is 101 Å². The van der Waals surface area contributed by atoms with Gasteiger partial charge in [-0.1, -0.05) is 0 Å². The molecule has 0 saturated carbocycles. The average Bonchev–Trinajstić information content (AvgIpc) is 2.30. The number of rotatable bonds is 7. The number of benzene rings is 1. The van der Waals surface area contributed by atoms with Crippen molar-refractivity contribution in [3.63, 3.8) is 0 Å². The molecular formula is C11H16NO4P. The summed E-state index contributed by atoms with van der Waals surface area (Å²) in [7, 11) is -3.30. The Hall–Kier alpha value is -1.16. The van der Waals surface area contributed by atoms with Crippen LogP contribution in [0, 0.1) is 0 Å². The van der Waals surface area contributed by atoms with Crippen molar-refractivity contribution in [2.45, 2.75) is 13.8 Å². The van der Waals surface area contributed by atoms with Gasteiger partial charge in [-0.15, -0.1) is 0 Å². The van der Waals surface area contributed by atoms with E-state index in [2.05, 4.69) is 5.09 Å². The van der Waals surface area contributed by atoms with E-state index in [1.54, 1.807) is 38.1 Å². The number of carbonyl (C=O) groups excluding carboxylic acids is 1. The van der Waals surface area contributed by atoms with E-state index in [9.17, 15) is 9.36 Å². The molecule has 1 N–H and O–H groups in total. The van der Waals surface area contributed by atoms with Crippen LogP contribution in [0.5, 0.6) is 0 Å². The zero-order valence-electron chi connectivity index (χ0n) is 9.88. The maximum Gasteiger partial charge on any atom is 0.432 e. The zero-order chi connectivity index (χ0) is 12.7. The summed E-state index contributed by atoms with van der Waals surface area (Å²) >= 11 is 0. The molecule has 0 bridgehead atoms. The van der Waals surface area contributed by atoms with Crippen LogP contribution < -0.4 is 5.09 Å². The molecule has 94 valence electrons. The molecule has 5 nitrogen and oxygen atoms in total. The number of hydrogen-bond acceptors (Lipinski definition) is 4. The highest BCUT2D eigenvalue weighted by Gasteiger charge is 2.23. The van der Waals surface area contributed by atoms with Crippen molar-refractivity contribution in [1.29, 1.82) is 0 Å². The van der Waals surface area contributed by atoms with Crippen LogP contribution in [0.2, 0.25) is 0 Å². The second kappa shape index (κ2) is 6.55. The predicted molar refractivity (Wildman–Crippen MR) is 66.3 cm³/mol. The van der Waals surface area contributed by atoms with Gasteiger partial charge in [0.05, 0.1) is 13.2 Å². The van der Waals surface area contributed by atoms with Crippen LogP contribution in [0.3, 0.4) is 0 Å². The molecule has 0 atom stereocenters. The SMILES string of the molecule is CCOP(=O)(Nc1ccc(C=O)cc1)OCC. The van der Waals surface area contributed by atoms with Crippen molar-refractivity contribution in [2.24, 2.45) is 0 Å². The number of anilines is 1. The van der Waals surface area contributed by atoms with Gasteiger partial charge < -0.3 is 0 Å². The molecule has 0 amide bonds. The number of nitrogens with one attached hydrogen (secondary N) is 1. The Bertz CT molecular complexity index is 394. The summed E-state index contributed by atoms with van der Waals surface area (Å²) in [5.41, 5.74) is 1.14. The molecule has 0 aromatic heterocycles. The monoisotopic (exact) mass is 257 g/mol. The summed E-state index contributed by atoms with van der Waals surface area (Å²) in [5.74, 6) is 0. The molecule has 0 spiro atoms. The first-order chi connectivity index (χ1) is 8.13. The first kappa shape index (κ1) is 13.9. The van der Waals surface area contributed by atoms with Crippen LogP contribution in [0.25, 0.3) is 0 Å². The van der Waals surface area contributed by atoms with Gasteiger partial charge in [0.2, 0.25) is 0 Å². The van der Waals surface area contributed by atoms with Gasteiger partial charge in [-0.2, -0.15) is 0 Å². The second-order valence-electron chi connectivity index (χ2n) is 3.18. The topological polar surface area (TPSA) is 64.6 Å². The molecule has 1 rings (SSSR count). The van der Waals surface area contributed by atoms with E-state index in [1.807, 2.05) is 0 Å². The Kier molecular flexibility index (Phi) is 5.35. The molecule has 0 aliphatic heterocycles. The van der Waals surface area contributed by atoms with E-state index in [1.165, 1.54) is 0 Å². The second-order valence-corrected chi connectivity index (χ2v) is 4.92. The minimum atomic E-state index is -3.30. The molecule has 1 aromatic rings. The maximum absolute atomic E-state index is 12.1. The van der Waals surface area contributed by atoms with E-state index in [-0.39, 0.29) is 13.2 Å². The summed E-state index contributed by atoms with van der Waals surface area (Å²) in [6, 6.07) is 6.54. The van der Waals surface area contributed by atoms with Gasteiger partial charge in [-0.05, 0) is 38.1 Å². The van der Waals surface area contributed by atoms with Crippen molar-refractivity contribution in [3.05, 3.63) is 29.8 Å². The van der Waals surface area contributed by atoms with Gasteiger partial charge in [0, 0.05) is 11.3 Å². The first-order valence-electron chi connectivity index (χ1n) is 5.36. The van der Waals surface area contributed by atoms with Gasteiger partial charge in [0.15, 0.2) is 0 Å². The standard InChI is InChI=1S/C11H16NO4P/c1-3-15-17(14,16-4-2)12-11-7-5-10(9-13)6-8-11/h5-9H,3-4H2,1-2H3,(H,12,14). The summed E-state index contributed by atoms with van der Waals surface area (Å²) in [6.07, 6.45) is 0.744. The molecule has 0 unspecified atom stereocenters. The number of aldehydes is 1. The highest BCUT2D eigenvalue weighted by Crippen LogP contribution is 2.47. The van der Waals surface area contributed by atoms with E-state index in [0.717, 1.165) is 6.29 Å². The third kappa shape index (κ3) is 4.30. The lowest BCUT2D eigenvalue weighted by molar-refractivity contribution is 0.112. The summed E-state index contributed by atoms with van der Waals surface area (Å²) in [5, 5.41) is 2.70. The predicted octanol–water partition coefficient (Wildman–Crippen LogP) is 3.09. The lowest BCUT2D eigenvalue weighted by Crippen LogP contribution is -2.04. The fourth-order valence-corrected chi connectivity index (χ4v) is 2.58. The fourth-order valence-electron chi connectivity index (χ4n) is 1.24. The summed E-state index contributed by atoms with van der Waals surface area (Å²) < 4.78 is 22.3. The fraction of sp³-hybridized carbons (Fsp3) is 0.364. The smallest absolute Gasteiger partial charge is 0.298 e. The van der Waals surface area contributed by atoms with Gasteiger partial charge in [-0.3, -0.25) is 18.9 Å². The Morgan fingerprint density at radius 2 is 1.71 bits per heavy atom. The molecule has 0 heterocycles. The Balaban J connectivity index is 2.78. The minimum Gasteiger partial charge on any atom is -0.298 e. The largest absolute Gasteiger partial charge is 0.432 e. The van der Waals surface area contributed by atoms with Crippen molar-refractivity contribution in [1.82, 2.24) is 0 Å². The summed E-state index contributed by atoms with van der Waals surface area (Å²) in [6.45, 7) is 4.05. The van der Waals surface area contributed by atoms with Crippen LogP contribution in [0.1, 0.15) is 24.2 Å². The molecule has 17 heavy (non-hydrogen) atoms.